The summed E-state index contributed by atoms with van der Waals surface area (Å²) in [4.78, 5) is 13.0. The lowest BCUT2D eigenvalue weighted by Gasteiger charge is -2.64. The largest absolute Gasteiger partial charge is 0.498 e. The minimum absolute atomic E-state index is 0.0348. The third kappa shape index (κ3) is 1.84. The van der Waals surface area contributed by atoms with Gasteiger partial charge in [-0.15, -0.1) is 0 Å². The summed E-state index contributed by atoms with van der Waals surface area (Å²) in [5.41, 5.74) is -1.13. The summed E-state index contributed by atoms with van der Waals surface area (Å²) < 4.78 is 12.3. The minimum Gasteiger partial charge on any atom is -0.498 e. The molecule has 0 aromatic heterocycles. The predicted molar refractivity (Wildman–Crippen MR) is 90.3 cm³/mol. The van der Waals surface area contributed by atoms with E-state index in [1.54, 1.807) is 6.26 Å². The summed E-state index contributed by atoms with van der Waals surface area (Å²) in [6.45, 7) is 9.19. The molecule has 0 aromatic carbocycles. The summed E-state index contributed by atoms with van der Waals surface area (Å²) in [6.07, 6.45) is 7.82. The first-order chi connectivity index (χ1) is 11.2. The highest BCUT2D eigenvalue weighted by Gasteiger charge is 2.71. The van der Waals surface area contributed by atoms with E-state index < -0.39 is 11.7 Å². The highest BCUT2D eigenvalue weighted by molar-refractivity contribution is 5.88. The van der Waals surface area contributed by atoms with Gasteiger partial charge in [0, 0.05) is 17.3 Å². The SMILES string of the molecule is C[C@@H]1C(=O)[C@@H](O)[C@H]2C(C)(C)CCC[C@]2(C)[C@@]12CC[C@@]1(C=COC1)O2. The van der Waals surface area contributed by atoms with Crippen molar-refractivity contribution in [1.82, 2.24) is 0 Å². The van der Waals surface area contributed by atoms with Crippen molar-refractivity contribution < 1.29 is 19.4 Å². The van der Waals surface area contributed by atoms with Crippen LogP contribution in [0.3, 0.4) is 0 Å². The van der Waals surface area contributed by atoms with Crippen LogP contribution >= 0.6 is 0 Å². The molecule has 134 valence electrons. The molecule has 2 saturated carbocycles. The zero-order valence-corrected chi connectivity index (χ0v) is 15.3. The van der Waals surface area contributed by atoms with Crippen LogP contribution < -0.4 is 0 Å². The van der Waals surface area contributed by atoms with Crippen molar-refractivity contribution in [2.24, 2.45) is 22.7 Å². The van der Waals surface area contributed by atoms with E-state index in [0.29, 0.717) is 6.61 Å². The fourth-order valence-electron chi connectivity index (χ4n) is 6.68. The third-order valence-corrected chi connectivity index (χ3v) is 7.85. The first-order valence-electron chi connectivity index (χ1n) is 9.39. The molecule has 0 aromatic rings. The number of ketones is 1. The van der Waals surface area contributed by atoms with Crippen LogP contribution in [-0.4, -0.2) is 34.8 Å². The molecule has 4 aliphatic rings. The Labute approximate surface area is 144 Å². The molecule has 4 nitrogen and oxygen atoms in total. The molecule has 1 N–H and O–H groups in total. The first-order valence-corrected chi connectivity index (χ1v) is 9.39. The predicted octanol–water partition coefficient (Wildman–Crippen LogP) is 3.23. The Hall–Kier alpha value is -0.870. The number of aliphatic hydroxyl groups excluding tert-OH is 1. The maximum atomic E-state index is 13.0. The van der Waals surface area contributed by atoms with Gasteiger partial charge in [-0.3, -0.25) is 4.79 Å². The zero-order valence-electron chi connectivity index (χ0n) is 15.3. The molecule has 0 radical (unpaired) electrons. The van der Waals surface area contributed by atoms with Crippen LogP contribution in [0, 0.1) is 22.7 Å². The fourth-order valence-corrected chi connectivity index (χ4v) is 6.68. The van der Waals surface area contributed by atoms with Crippen molar-refractivity contribution in [3.63, 3.8) is 0 Å². The number of aliphatic hydroxyl groups is 1. The van der Waals surface area contributed by atoms with E-state index in [9.17, 15) is 9.90 Å². The molecule has 6 atom stereocenters. The molecule has 0 bridgehead atoms. The Morgan fingerprint density at radius 3 is 2.58 bits per heavy atom. The van der Waals surface area contributed by atoms with E-state index in [-0.39, 0.29) is 34.1 Å². The van der Waals surface area contributed by atoms with Crippen LogP contribution in [0.2, 0.25) is 0 Å². The quantitative estimate of drug-likeness (QED) is 0.739. The average Bonchev–Trinajstić information content (AvgIpc) is 3.12. The summed E-state index contributed by atoms with van der Waals surface area (Å²) in [5.74, 6) is -0.368. The van der Waals surface area contributed by atoms with Crippen LogP contribution in [0.25, 0.3) is 0 Å². The summed E-state index contributed by atoms with van der Waals surface area (Å²) >= 11 is 0. The molecule has 3 fully saturated rings. The van der Waals surface area contributed by atoms with Gasteiger partial charge in [0.1, 0.15) is 18.3 Å². The second-order valence-electron chi connectivity index (χ2n) is 9.48. The van der Waals surface area contributed by atoms with Crippen LogP contribution in [0.5, 0.6) is 0 Å². The Bertz CT molecular complexity index is 596. The van der Waals surface area contributed by atoms with Gasteiger partial charge >= 0.3 is 0 Å². The van der Waals surface area contributed by atoms with E-state index in [4.69, 9.17) is 9.47 Å². The smallest absolute Gasteiger partial charge is 0.167 e. The lowest BCUT2D eigenvalue weighted by Crippen LogP contribution is -2.70. The van der Waals surface area contributed by atoms with E-state index in [1.165, 1.54) is 0 Å². The number of hydrogen-bond acceptors (Lipinski definition) is 4. The van der Waals surface area contributed by atoms with Crippen molar-refractivity contribution in [1.29, 1.82) is 0 Å². The van der Waals surface area contributed by atoms with Crippen molar-refractivity contribution in [2.75, 3.05) is 6.61 Å². The van der Waals surface area contributed by atoms with Crippen molar-refractivity contribution >= 4 is 5.78 Å². The van der Waals surface area contributed by atoms with Gasteiger partial charge in [0.2, 0.25) is 0 Å². The molecule has 1 saturated heterocycles. The maximum absolute atomic E-state index is 13.0. The molecule has 2 aliphatic carbocycles. The maximum Gasteiger partial charge on any atom is 0.167 e. The number of ether oxygens (including phenoxy) is 2. The number of hydrogen-bond donors (Lipinski definition) is 1. The third-order valence-electron chi connectivity index (χ3n) is 7.85. The zero-order chi connectivity index (χ0) is 17.4. The molecule has 0 amide bonds. The summed E-state index contributed by atoms with van der Waals surface area (Å²) in [7, 11) is 0. The lowest BCUT2D eigenvalue weighted by molar-refractivity contribution is -0.253. The molecule has 2 heterocycles. The number of carbonyl (C=O) groups excluding carboxylic acids is 1. The van der Waals surface area contributed by atoms with Gasteiger partial charge in [0.25, 0.3) is 0 Å². The van der Waals surface area contributed by atoms with Crippen LogP contribution in [0.1, 0.15) is 59.8 Å². The standard InChI is InChI=1S/C20H30O4/c1-13-14(21)15(22)16-17(2,3)6-5-7-18(16,4)20(13)9-8-19(24-20)10-11-23-12-19/h10-11,13,15-16,22H,5-9,12H2,1-4H3/t13-,15-,16+,18+,19+,20-/m1/s1. The van der Waals surface area contributed by atoms with Gasteiger partial charge < -0.3 is 14.6 Å². The molecule has 24 heavy (non-hydrogen) atoms. The number of carbonyl (C=O) groups is 1. The van der Waals surface area contributed by atoms with Crippen LogP contribution in [0.15, 0.2) is 12.3 Å². The summed E-state index contributed by atoms with van der Waals surface area (Å²) in [6, 6.07) is 0. The van der Waals surface area contributed by atoms with E-state index in [2.05, 4.69) is 20.8 Å². The second-order valence-corrected chi connectivity index (χ2v) is 9.48. The van der Waals surface area contributed by atoms with Gasteiger partial charge in [0.15, 0.2) is 5.78 Å². The van der Waals surface area contributed by atoms with Crippen molar-refractivity contribution in [3.8, 4) is 0 Å². The van der Waals surface area contributed by atoms with E-state index in [1.807, 2.05) is 13.0 Å². The Kier molecular flexibility index (Phi) is 3.35. The van der Waals surface area contributed by atoms with Gasteiger partial charge in [-0.05, 0) is 37.2 Å². The second kappa shape index (κ2) is 4.85. The lowest BCUT2D eigenvalue weighted by atomic mass is 9.43. The Balaban J connectivity index is 1.83. The Morgan fingerprint density at radius 2 is 1.92 bits per heavy atom. The van der Waals surface area contributed by atoms with E-state index >= 15 is 0 Å². The minimum atomic E-state index is -0.874. The number of fused-ring (bicyclic) bond motifs is 2. The molecule has 4 rings (SSSR count). The highest BCUT2D eigenvalue weighted by atomic mass is 16.6. The molecular weight excluding hydrogens is 304 g/mol. The van der Waals surface area contributed by atoms with Crippen LogP contribution in [0.4, 0.5) is 0 Å². The van der Waals surface area contributed by atoms with Gasteiger partial charge in [-0.1, -0.05) is 34.1 Å². The van der Waals surface area contributed by atoms with Crippen molar-refractivity contribution in [3.05, 3.63) is 12.3 Å². The monoisotopic (exact) mass is 334 g/mol. The van der Waals surface area contributed by atoms with Crippen molar-refractivity contribution in [2.45, 2.75) is 77.1 Å². The van der Waals surface area contributed by atoms with Gasteiger partial charge in [-0.2, -0.15) is 0 Å². The first kappa shape index (κ1) is 16.6. The van der Waals surface area contributed by atoms with E-state index in [0.717, 1.165) is 32.1 Å². The summed E-state index contributed by atoms with van der Waals surface area (Å²) in [5, 5.41) is 10.9. The van der Waals surface area contributed by atoms with Gasteiger partial charge in [0.05, 0.1) is 11.9 Å². The highest BCUT2D eigenvalue weighted by Crippen LogP contribution is 2.67. The number of Topliss-reactive ketones (excluding diaryl/α,β-unsaturated/α-hetero) is 1. The molecular formula is C20H30O4. The number of rotatable bonds is 0. The fraction of sp³-hybridized carbons (Fsp3) is 0.850. The average molecular weight is 334 g/mol. The molecule has 2 aliphatic heterocycles. The topological polar surface area (TPSA) is 55.8 Å². The Morgan fingerprint density at radius 1 is 1.17 bits per heavy atom. The molecule has 2 spiro atoms. The molecule has 0 unspecified atom stereocenters. The van der Waals surface area contributed by atoms with Crippen LogP contribution in [-0.2, 0) is 14.3 Å². The van der Waals surface area contributed by atoms with Gasteiger partial charge in [-0.25, -0.2) is 0 Å². The normalized spacial score (nSPS) is 52.7. The molecule has 4 heteroatoms.